The van der Waals surface area contributed by atoms with Crippen LogP contribution in [0.15, 0.2) is 53.4 Å². The SMILES string of the molecule is O=C(NC[C@H]1CCCO1)c1ccc(N2CCNCC2)c(NS(=O)(=O)c2ccccc2)c1. The van der Waals surface area contributed by atoms with E-state index in [1.165, 1.54) is 0 Å². The quantitative estimate of drug-likeness (QED) is 0.602. The fraction of sp³-hybridized carbons (Fsp3) is 0.409. The van der Waals surface area contributed by atoms with Gasteiger partial charge in [0, 0.05) is 44.9 Å². The molecule has 0 radical (unpaired) electrons. The smallest absolute Gasteiger partial charge is 0.261 e. The number of anilines is 2. The van der Waals surface area contributed by atoms with Gasteiger partial charge in [0.15, 0.2) is 0 Å². The summed E-state index contributed by atoms with van der Waals surface area (Å²) in [6.45, 7) is 4.31. The van der Waals surface area contributed by atoms with Gasteiger partial charge in [-0.25, -0.2) is 8.42 Å². The van der Waals surface area contributed by atoms with E-state index in [0.717, 1.165) is 51.3 Å². The van der Waals surface area contributed by atoms with E-state index in [2.05, 4.69) is 20.3 Å². The molecule has 9 heteroatoms. The zero-order chi connectivity index (χ0) is 21.7. The van der Waals surface area contributed by atoms with Crippen LogP contribution in [0.2, 0.25) is 0 Å². The van der Waals surface area contributed by atoms with E-state index in [1.807, 2.05) is 6.07 Å². The van der Waals surface area contributed by atoms with Gasteiger partial charge in [-0.3, -0.25) is 9.52 Å². The van der Waals surface area contributed by atoms with Crippen LogP contribution in [0, 0.1) is 0 Å². The number of piperazine rings is 1. The first-order valence-corrected chi connectivity index (χ1v) is 12.1. The monoisotopic (exact) mass is 444 g/mol. The summed E-state index contributed by atoms with van der Waals surface area (Å²) in [6, 6.07) is 13.4. The molecule has 0 bridgehead atoms. The van der Waals surface area contributed by atoms with Crippen LogP contribution in [0.5, 0.6) is 0 Å². The van der Waals surface area contributed by atoms with Gasteiger partial charge in [0.1, 0.15) is 0 Å². The normalized spacial score (nSPS) is 19.2. The van der Waals surface area contributed by atoms with E-state index in [-0.39, 0.29) is 16.9 Å². The molecule has 1 atom stereocenters. The number of rotatable bonds is 7. The molecule has 2 heterocycles. The number of carbonyl (C=O) groups is 1. The molecule has 0 saturated carbocycles. The van der Waals surface area contributed by atoms with Crippen LogP contribution in [0.25, 0.3) is 0 Å². The van der Waals surface area contributed by atoms with Crippen molar-refractivity contribution in [1.82, 2.24) is 10.6 Å². The Balaban J connectivity index is 1.59. The van der Waals surface area contributed by atoms with Gasteiger partial charge in [-0.15, -0.1) is 0 Å². The molecule has 166 valence electrons. The highest BCUT2D eigenvalue weighted by Gasteiger charge is 2.22. The maximum atomic E-state index is 13.0. The number of sulfonamides is 1. The second kappa shape index (κ2) is 9.67. The molecule has 2 aromatic carbocycles. The highest BCUT2D eigenvalue weighted by molar-refractivity contribution is 7.92. The standard InChI is InChI=1S/C22H28N4O4S/c27-22(24-16-18-5-4-14-30-18)17-8-9-21(26-12-10-23-11-13-26)20(15-17)25-31(28,29)19-6-2-1-3-7-19/h1-3,6-9,15,18,23,25H,4-5,10-14,16H2,(H,24,27)/t18-/m1/s1. The number of amides is 1. The lowest BCUT2D eigenvalue weighted by Crippen LogP contribution is -2.43. The van der Waals surface area contributed by atoms with E-state index < -0.39 is 10.0 Å². The Hall–Kier alpha value is -2.62. The lowest BCUT2D eigenvalue weighted by atomic mass is 10.1. The Morgan fingerprint density at radius 1 is 1.13 bits per heavy atom. The number of ether oxygens (including phenoxy) is 1. The summed E-state index contributed by atoms with van der Waals surface area (Å²) in [7, 11) is -3.79. The number of carbonyl (C=O) groups excluding carboxylic acids is 1. The van der Waals surface area contributed by atoms with E-state index in [9.17, 15) is 13.2 Å². The zero-order valence-electron chi connectivity index (χ0n) is 17.3. The van der Waals surface area contributed by atoms with Crippen molar-refractivity contribution in [2.24, 2.45) is 0 Å². The average Bonchev–Trinajstić information content (AvgIpc) is 3.32. The van der Waals surface area contributed by atoms with Crippen molar-refractivity contribution in [3.63, 3.8) is 0 Å². The molecule has 1 amide bonds. The molecule has 2 aliphatic rings. The van der Waals surface area contributed by atoms with E-state index in [1.54, 1.807) is 42.5 Å². The summed E-state index contributed by atoms with van der Waals surface area (Å²) in [6.07, 6.45) is 1.98. The van der Waals surface area contributed by atoms with Crippen LogP contribution in [0.4, 0.5) is 11.4 Å². The van der Waals surface area contributed by atoms with Crippen LogP contribution in [0.3, 0.4) is 0 Å². The second-order valence-corrected chi connectivity index (χ2v) is 9.41. The van der Waals surface area contributed by atoms with E-state index >= 15 is 0 Å². The number of hydrogen-bond acceptors (Lipinski definition) is 6. The minimum absolute atomic E-state index is 0.0418. The molecule has 0 aliphatic carbocycles. The summed E-state index contributed by atoms with van der Waals surface area (Å²) in [4.78, 5) is 15.0. The van der Waals surface area contributed by atoms with Crippen LogP contribution in [-0.4, -0.2) is 59.8 Å². The van der Waals surface area contributed by atoms with Crippen molar-refractivity contribution >= 4 is 27.3 Å². The molecule has 2 saturated heterocycles. The fourth-order valence-electron chi connectivity index (χ4n) is 3.86. The number of nitrogens with one attached hydrogen (secondary N) is 3. The molecular formula is C22H28N4O4S. The second-order valence-electron chi connectivity index (χ2n) is 7.73. The van der Waals surface area contributed by atoms with Gasteiger partial charge in [0.05, 0.1) is 22.4 Å². The third-order valence-electron chi connectivity index (χ3n) is 5.53. The Bertz CT molecular complexity index is 1000. The number of benzene rings is 2. The topological polar surface area (TPSA) is 99.8 Å². The molecule has 8 nitrogen and oxygen atoms in total. The highest BCUT2D eigenvalue weighted by atomic mass is 32.2. The largest absolute Gasteiger partial charge is 0.376 e. The number of nitrogens with zero attached hydrogens (tertiary/aromatic N) is 1. The Kier molecular flexibility index (Phi) is 6.74. The maximum absolute atomic E-state index is 13.0. The van der Waals surface area contributed by atoms with Crippen molar-refractivity contribution in [2.75, 3.05) is 49.0 Å². The average molecular weight is 445 g/mol. The maximum Gasteiger partial charge on any atom is 0.261 e. The van der Waals surface area contributed by atoms with Crippen molar-refractivity contribution in [1.29, 1.82) is 0 Å². The molecule has 0 unspecified atom stereocenters. The van der Waals surface area contributed by atoms with E-state index in [0.29, 0.717) is 17.8 Å². The molecule has 31 heavy (non-hydrogen) atoms. The zero-order valence-corrected chi connectivity index (χ0v) is 18.2. The van der Waals surface area contributed by atoms with Gasteiger partial charge in [-0.1, -0.05) is 18.2 Å². The lowest BCUT2D eigenvalue weighted by molar-refractivity contribution is 0.0858. The van der Waals surface area contributed by atoms with Crippen LogP contribution in [0.1, 0.15) is 23.2 Å². The Labute approximate surface area is 183 Å². The van der Waals surface area contributed by atoms with Crippen molar-refractivity contribution in [3.05, 3.63) is 54.1 Å². The predicted molar refractivity (Wildman–Crippen MR) is 120 cm³/mol. The van der Waals surface area contributed by atoms with Crippen molar-refractivity contribution in [3.8, 4) is 0 Å². The first-order valence-electron chi connectivity index (χ1n) is 10.6. The molecule has 3 N–H and O–H groups in total. The Morgan fingerprint density at radius 3 is 2.61 bits per heavy atom. The molecule has 0 aromatic heterocycles. The highest BCUT2D eigenvalue weighted by Crippen LogP contribution is 2.30. The van der Waals surface area contributed by atoms with Gasteiger partial charge >= 0.3 is 0 Å². The predicted octanol–water partition coefficient (Wildman–Crippen LogP) is 1.81. The van der Waals surface area contributed by atoms with Gasteiger partial charge in [-0.2, -0.15) is 0 Å². The molecule has 2 aromatic rings. The lowest BCUT2D eigenvalue weighted by Gasteiger charge is -2.31. The molecule has 2 fully saturated rings. The molecular weight excluding hydrogens is 416 g/mol. The van der Waals surface area contributed by atoms with Gasteiger partial charge in [0.2, 0.25) is 0 Å². The molecule has 4 rings (SSSR count). The number of hydrogen-bond donors (Lipinski definition) is 3. The summed E-state index contributed by atoms with van der Waals surface area (Å²) < 4.78 is 34.2. The van der Waals surface area contributed by atoms with Gasteiger partial charge < -0.3 is 20.3 Å². The van der Waals surface area contributed by atoms with Gasteiger partial charge in [-0.05, 0) is 43.2 Å². The summed E-state index contributed by atoms with van der Waals surface area (Å²) in [5.41, 5.74) is 1.56. The first-order chi connectivity index (χ1) is 15.0. The fourth-order valence-corrected chi connectivity index (χ4v) is 4.94. The third kappa shape index (κ3) is 5.36. The Morgan fingerprint density at radius 2 is 1.90 bits per heavy atom. The molecule has 0 spiro atoms. The summed E-state index contributed by atoms with van der Waals surface area (Å²) >= 11 is 0. The van der Waals surface area contributed by atoms with Crippen molar-refractivity contribution < 1.29 is 17.9 Å². The minimum Gasteiger partial charge on any atom is -0.376 e. The summed E-state index contributed by atoms with van der Waals surface area (Å²) in [5, 5.41) is 6.19. The third-order valence-corrected chi connectivity index (χ3v) is 6.91. The van der Waals surface area contributed by atoms with Crippen LogP contribution < -0.4 is 20.3 Å². The van der Waals surface area contributed by atoms with Gasteiger partial charge in [0.25, 0.3) is 15.9 Å². The van der Waals surface area contributed by atoms with E-state index in [4.69, 9.17) is 4.74 Å². The molecule has 2 aliphatic heterocycles. The first kappa shape index (κ1) is 21.6. The van der Waals surface area contributed by atoms with Crippen LogP contribution in [-0.2, 0) is 14.8 Å². The van der Waals surface area contributed by atoms with Crippen molar-refractivity contribution in [2.45, 2.75) is 23.8 Å². The summed E-state index contributed by atoms with van der Waals surface area (Å²) in [5.74, 6) is -0.248. The minimum atomic E-state index is -3.79. The van der Waals surface area contributed by atoms with Crippen LogP contribution >= 0.6 is 0 Å².